The molecule has 121 heavy (non-hydrogen) atoms. The molecule has 2 fully saturated rings. The highest BCUT2D eigenvalue weighted by Gasteiger charge is 2.47. The van der Waals surface area contributed by atoms with Crippen molar-refractivity contribution in [2.45, 2.75) is 373 Å². The van der Waals surface area contributed by atoms with Crippen molar-refractivity contribution in [3.8, 4) is 0 Å². The molecule has 2 aliphatic heterocycles. The molecule has 4 rings (SSSR count). The number of aliphatic carboxylic acids is 1. The second-order valence-electron chi connectivity index (χ2n) is 39.1. The van der Waals surface area contributed by atoms with Gasteiger partial charge in [-0.2, -0.15) is 0 Å². The molecule has 2 aromatic carbocycles. The number of nitrogens with zero attached hydrogens (tertiary/aromatic N) is 2. The van der Waals surface area contributed by atoms with E-state index in [0.717, 1.165) is 17.5 Å². The van der Waals surface area contributed by atoms with Gasteiger partial charge in [0.15, 0.2) is 22.4 Å². The lowest BCUT2D eigenvalue weighted by Crippen LogP contribution is -3.00. The first kappa shape index (κ1) is 114. The van der Waals surface area contributed by atoms with Gasteiger partial charge in [-0.25, -0.2) is 19.2 Å². The number of halogens is 1. The van der Waals surface area contributed by atoms with Crippen LogP contribution in [0.5, 0.6) is 0 Å². The van der Waals surface area contributed by atoms with Crippen molar-refractivity contribution in [2.75, 3.05) is 13.1 Å². The predicted molar refractivity (Wildman–Crippen MR) is 474 cm³/mol. The molecule has 0 saturated carbocycles. The average molecular weight is 1760 g/mol. The third-order valence-corrected chi connectivity index (χ3v) is 31.8. The number of rotatable bonds is 39. The lowest BCUT2D eigenvalue weighted by molar-refractivity contribution is -0.414. The van der Waals surface area contributed by atoms with Crippen LogP contribution in [0.3, 0.4) is 0 Å². The zero-order chi connectivity index (χ0) is 91.4. The molecule has 30 heteroatoms. The van der Waals surface area contributed by atoms with Gasteiger partial charge in [-0.05, 0) is 171 Å². The summed E-state index contributed by atoms with van der Waals surface area (Å²) >= 11 is 0. The lowest BCUT2D eigenvalue weighted by Gasteiger charge is -2.43. The van der Waals surface area contributed by atoms with Crippen LogP contribution < -0.4 is 44.7 Å². The van der Waals surface area contributed by atoms with Gasteiger partial charge in [0.25, 0.3) is 0 Å². The van der Waals surface area contributed by atoms with Crippen molar-refractivity contribution in [2.24, 2.45) is 47.3 Å². The van der Waals surface area contributed by atoms with Gasteiger partial charge in [-0.3, -0.25) is 38.4 Å². The topological polar surface area (TPSA) is 375 Å². The van der Waals surface area contributed by atoms with Crippen LogP contribution in [0, 0.1) is 47.3 Å². The summed E-state index contributed by atoms with van der Waals surface area (Å²) in [6.07, 6.45) is 1.65. The van der Waals surface area contributed by atoms with Crippen LogP contribution in [0.1, 0.15) is 263 Å². The third kappa shape index (κ3) is 38.8. The summed E-state index contributed by atoms with van der Waals surface area (Å²) in [6.45, 7) is 58.8. The van der Waals surface area contributed by atoms with Crippen LogP contribution in [-0.2, 0) is 89.0 Å². The summed E-state index contributed by atoms with van der Waals surface area (Å²) in [5, 5.41) is 23.5. The fraction of sp³-hybridized carbons (Fsp3) is 0.736. The number of quaternary nitrogens is 1. The molecule has 692 valence electrons. The number of hydrogen-bond donors (Lipinski definition) is 7. The quantitative estimate of drug-likeness (QED) is 0.0141. The number of ether oxygens (including phenoxy) is 4. The van der Waals surface area contributed by atoms with Gasteiger partial charge in [0.1, 0.15) is 54.6 Å². The number of carboxylic acid groups (broad SMARTS) is 1. The maximum atomic E-state index is 14.1. The van der Waals surface area contributed by atoms with Crippen LogP contribution in [0.15, 0.2) is 60.7 Å². The fourth-order valence-electron chi connectivity index (χ4n) is 13.1. The Hall–Kier alpha value is -7.32. The van der Waals surface area contributed by atoms with Crippen molar-refractivity contribution >= 4 is 87.8 Å². The number of nitrogens with one attached hydrogen (secondary N) is 5. The van der Waals surface area contributed by atoms with Crippen molar-refractivity contribution in [1.82, 2.24) is 36.4 Å². The fourth-order valence-corrected chi connectivity index (χ4v) is 15.8. The summed E-state index contributed by atoms with van der Waals surface area (Å²) in [5.41, 5.74) is 4.23. The molecule has 7 amide bonds. The highest BCUT2D eigenvalue weighted by Crippen LogP contribution is 2.41. The van der Waals surface area contributed by atoms with Gasteiger partial charge >= 0.3 is 30.1 Å². The van der Waals surface area contributed by atoms with Crippen LogP contribution >= 0.6 is 0 Å². The molecular weight excluding hydrogens is 1600 g/mol. The Morgan fingerprint density at radius 1 is 0.496 bits per heavy atom. The highest BCUT2D eigenvalue weighted by atomic mass is 35.5. The Balaban J connectivity index is 0.00000196. The summed E-state index contributed by atoms with van der Waals surface area (Å²) in [5.74, 6) is -7.30. The normalized spacial score (nSPS) is 17.5. The van der Waals surface area contributed by atoms with Gasteiger partial charge < -0.3 is 87.4 Å². The monoisotopic (exact) mass is 1760 g/mol. The molecule has 2 heterocycles. The van der Waals surface area contributed by atoms with Crippen molar-refractivity contribution in [3.63, 3.8) is 0 Å². The second kappa shape index (κ2) is 51.2. The smallest absolute Gasteiger partial charge is 0.407 e. The largest absolute Gasteiger partial charge is 1.00 e. The van der Waals surface area contributed by atoms with E-state index in [9.17, 15) is 62.6 Å². The number of esters is 2. The number of ketones is 2. The highest BCUT2D eigenvalue weighted by molar-refractivity contribution is 6.74. The van der Waals surface area contributed by atoms with Crippen molar-refractivity contribution < 1.29 is 109 Å². The number of carbonyl (C=O) groups is 12. The Bertz CT molecular complexity index is 3600. The molecule has 2 unspecified atom stereocenters. The molecule has 14 atom stereocenters. The molecule has 0 bridgehead atoms. The minimum Gasteiger partial charge on any atom is -1.00 e. The van der Waals surface area contributed by atoms with Crippen molar-refractivity contribution in [3.05, 3.63) is 71.8 Å². The maximum absolute atomic E-state index is 14.1. The van der Waals surface area contributed by atoms with E-state index >= 15 is 0 Å². The molecule has 0 radical (unpaired) electrons. The Labute approximate surface area is 734 Å². The number of amides is 7. The van der Waals surface area contributed by atoms with Crippen LogP contribution in [-0.4, -0.2) is 188 Å². The number of likely N-dealkylation sites (tertiary alicyclic amines) is 2. The van der Waals surface area contributed by atoms with E-state index in [1.165, 1.54) is 16.7 Å². The number of benzene rings is 2. The minimum atomic E-state index is -2.50. The molecule has 0 aliphatic carbocycles. The zero-order valence-corrected chi connectivity index (χ0v) is 81.1. The van der Waals surface area contributed by atoms with Crippen LogP contribution in [0.2, 0.25) is 36.3 Å². The average Bonchev–Trinajstić information content (AvgIpc) is 1.82. The van der Waals surface area contributed by atoms with Gasteiger partial charge in [0.2, 0.25) is 35.3 Å². The molecule has 2 aliphatic rings. The molecule has 27 nitrogen and oxygen atoms in total. The zero-order valence-electron chi connectivity index (χ0n) is 78.3. The Morgan fingerprint density at radius 3 is 1.13 bits per heavy atom. The van der Waals surface area contributed by atoms with Crippen LogP contribution in [0.25, 0.3) is 0 Å². The van der Waals surface area contributed by atoms with Crippen LogP contribution in [0.4, 0.5) is 9.59 Å². The number of alkyl carbamates (subject to hydrolysis) is 2. The molecule has 9 N–H and O–H groups in total. The minimum absolute atomic E-state index is 0. The summed E-state index contributed by atoms with van der Waals surface area (Å²) < 4.78 is 35.3. The van der Waals surface area contributed by atoms with E-state index < -0.39 is 160 Å². The Kier molecular flexibility index (Phi) is 48.1. The molecular formula is C91H159ClN8O19Si2. The molecule has 0 aromatic heterocycles. The lowest BCUT2D eigenvalue weighted by atomic mass is 9.90. The summed E-state index contributed by atoms with van der Waals surface area (Å²) in [4.78, 5) is 161. The third-order valence-electron chi connectivity index (χ3n) is 22.8. The molecule has 2 aromatic rings. The number of hydrogen-bond acceptors (Lipinski definition) is 18. The number of carbonyl (C=O) groups excluding carboxylic acids is 11. The first-order chi connectivity index (χ1) is 54.7. The first-order valence-corrected chi connectivity index (χ1v) is 48.9. The van der Waals surface area contributed by atoms with E-state index in [1.54, 1.807) is 62.3 Å². The van der Waals surface area contributed by atoms with E-state index in [0.29, 0.717) is 58.0 Å². The SMILES string of the molecule is C.CC(C)C[C@H](NC(=O)C(C)C(=O)[C@@H]([NH3+])C(C)C)C(=O)N1CCC[C@H]1C(=O)OCc1ccccc1.CC[C@H](C)[C@@H](NC(=O)OC(C)(C)C)[C@H](CC(=O)N[C@H](C(=O)C(C)C(=O)N[C@@H](CC(C)C)C(=O)N1CCC[C@H]1C(=O)OCc1ccccc1)C(C)C)O[Si](C)(C)C(C)(C)C.CC[C@H](C)[C@@H](NC(=O)OC(C)(C)C)[C@H](CC(=O)O)O[Si](C)(C)C(C)(C)C.[Cl-]. The number of Topliss-reactive ketones (excluding diaryl/α,β-unsaturated/α-hetero) is 2. The first-order valence-electron chi connectivity index (χ1n) is 43.1. The maximum Gasteiger partial charge on any atom is 0.407 e. The van der Waals surface area contributed by atoms with Gasteiger partial charge in [0.05, 0.1) is 55.0 Å². The van der Waals surface area contributed by atoms with E-state index in [1.807, 2.05) is 130 Å². The standard InChI is InChI=1S/C45H76N4O9Si.C26H39N3O5.C19H39NO5Si.CH4.ClH/c1-16-30(6)38(48-43(55)57-44(8,9)10)35(58-59(14,15)45(11,12)13)26-36(50)47-37(29(4)5)39(51)31(7)40(52)46-33(25-28(2)3)41(53)49-24-20-23-34(49)42(54)56-27-32-21-18-17-19-22-32;1-16(2)14-20(28-24(31)18(5)23(30)22(27)17(3)4)25(32)29-13-9-12-21(29)26(33)34-15-19-10-7-6-8-11-19;1-11-13(2)16(20-17(23)24-18(3,4)5)14(12-15(21)22)25-26(9,10)19(6,7)8;;/h17-19,21-22,28-31,33-35,37-38H,16,20,23-27H2,1-15H3,(H,46,52)(H,47,50)(H,48,55);6-8,10-11,16-18,20-22H,9,12-15,27H2,1-5H3,(H,28,31);13-14,16H,11-12H2,1-10H3,(H,20,23)(H,21,22);1H4;1H/t30-,31?,33-,34-,35-,37-,38+;18?,20-,21-,22-;13-,14-,16+;;/m000../s1. The summed E-state index contributed by atoms with van der Waals surface area (Å²) in [6, 6.07) is 12.9. The van der Waals surface area contributed by atoms with Crippen molar-refractivity contribution in [1.29, 1.82) is 0 Å². The predicted octanol–water partition coefficient (Wildman–Crippen LogP) is 11.5. The van der Waals surface area contributed by atoms with Gasteiger partial charge in [0, 0.05) is 19.0 Å². The van der Waals surface area contributed by atoms with E-state index in [-0.39, 0.29) is 103 Å². The second-order valence-corrected chi connectivity index (χ2v) is 48.6. The molecule has 2 saturated heterocycles. The number of carboxylic acids is 1. The summed E-state index contributed by atoms with van der Waals surface area (Å²) in [7, 11) is -4.70. The van der Waals surface area contributed by atoms with E-state index in [2.05, 4.69) is 100 Å². The Morgan fingerprint density at radius 2 is 0.835 bits per heavy atom. The molecule has 0 spiro atoms. The van der Waals surface area contributed by atoms with Gasteiger partial charge in [-0.15, -0.1) is 0 Å². The van der Waals surface area contributed by atoms with E-state index in [4.69, 9.17) is 27.8 Å². The van der Waals surface area contributed by atoms with Gasteiger partial charge in [-0.1, -0.05) is 206 Å².